The monoisotopic (exact) mass is 402 g/mol. The molecular formula is C19H22N4O2S2. The minimum Gasteiger partial charge on any atom is -0.353 e. The molecule has 2 aliphatic rings. The summed E-state index contributed by atoms with van der Waals surface area (Å²) in [6.45, 7) is 5.12. The Morgan fingerprint density at radius 2 is 2.07 bits per heavy atom. The standard InChI is InChI=1S/C19H22N4O2S2/c1-19(2)18(25)20-7-8-22(19)12-17(24)23-14(16-6-4-10-27-16)11-13(21-23)15-5-3-9-26-15/h3-6,9-10,14H,7-8,11-12H2,1-2H3,(H,20,25). The van der Waals surface area contributed by atoms with Crippen molar-refractivity contribution >= 4 is 40.2 Å². The number of amides is 2. The van der Waals surface area contributed by atoms with Gasteiger partial charge in [0.25, 0.3) is 5.91 Å². The first-order valence-electron chi connectivity index (χ1n) is 8.97. The Morgan fingerprint density at radius 1 is 1.30 bits per heavy atom. The SMILES string of the molecule is CC1(C)C(=O)NCCN1CC(=O)N1N=C(c2cccs2)CC1c1cccs1. The average molecular weight is 403 g/mol. The van der Waals surface area contributed by atoms with E-state index in [4.69, 9.17) is 5.10 Å². The number of hydrazone groups is 1. The first-order valence-corrected chi connectivity index (χ1v) is 10.7. The summed E-state index contributed by atoms with van der Waals surface area (Å²) in [5.41, 5.74) is 0.249. The van der Waals surface area contributed by atoms with Crippen LogP contribution in [0.1, 0.15) is 36.1 Å². The van der Waals surface area contributed by atoms with Crippen molar-refractivity contribution in [1.82, 2.24) is 15.2 Å². The third kappa shape index (κ3) is 3.44. The Kier molecular flexibility index (Phi) is 4.88. The van der Waals surface area contributed by atoms with Crippen LogP contribution in [0.2, 0.25) is 0 Å². The number of hydrogen-bond acceptors (Lipinski definition) is 6. The van der Waals surface area contributed by atoms with E-state index in [-0.39, 0.29) is 24.4 Å². The molecule has 2 aromatic heterocycles. The Labute approximate surface area is 166 Å². The minimum atomic E-state index is -0.702. The predicted molar refractivity (Wildman–Crippen MR) is 108 cm³/mol. The zero-order chi connectivity index (χ0) is 19.0. The van der Waals surface area contributed by atoms with E-state index in [0.29, 0.717) is 13.1 Å². The van der Waals surface area contributed by atoms with E-state index in [2.05, 4.69) is 11.4 Å². The molecule has 1 atom stereocenters. The second-order valence-electron chi connectivity index (χ2n) is 7.23. The van der Waals surface area contributed by atoms with Gasteiger partial charge in [-0.3, -0.25) is 14.5 Å². The Hall–Kier alpha value is -2.03. The lowest BCUT2D eigenvalue weighted by molar-refractivity contribution is -0.141. The van der Waals surface area contributed by atoms with Gasteiger partial charge in [0, 0.05) is 24.4 Å². The molecule has 142 valence electrons. The van der Waals surface area contributed by atoms with Gasteiger partial charge < -0.3 is 5.32 Å². The molecule has 2 amide bonds. The molecule has 1 N–H and O–H groups in total. The molecule has 4 heterocycles. The first kappa shape index (κ1) is 18.3. The smallest absolute Gasteiger partial charge is 0.257 e. The molecule has 4 rings (SSSR count). The van der Waals surface area contributed by atoms with E-state index < -0.39 is 5.54 Å². The fraction of sp³-hybridized carbons (Fsp3) is 0.421. The van der Waals surface area contributed by atoms with Gasteiger partial charge in [-0.05, 0) is 36.7 Å². The summed E-state index contributed by atoms with van der Waals surface area (Å²) < 4.78 is 0. The lowest BCUT2D eigenvalue weighted by atomic mass is 9.99. The summed E-state index contributed by atoms with van der Waals surface area (Å²) in [7, 11) is 0. The Bertz CT molecular complexity index is 858. The van der Waals surface area contributed by atoms with E-state index >= 15 is 0 Å². The Balaban J connectivity index is 1.58. The van der Waals surface area contributed by atoms with Crippen LogP contribution in [0.4, 0.5) is 0 Å². The van der Waals surface area contributed by atoms with E-state index in [9.17, 15) is 9.59 Å². The first-order chi connectivity index (χ1) is 13.0. The van der Waals surface area contributed by atoms with Crippen molar-refractivity contribution in [1.29, 1.82) is 0 Å². The van der Waals surface area contributed by atoms with Gasteiger partial charge in [0.2, 0.25) is 5.91 Å². The van der Waals surface area contributed by atoms with Gasteiger partial charge in [-0.2, -0.15) is 5.10 Å². The van der Waals surface area contributed by atoms with Crippen molar-refractivity contribution in [3.05, 3.63) is 44.8 Å². The molecule has 2 aliphatic heterocycles. The van der Waals surface area contributed by atoms with Crippen LogP contribution in [0.15, 0.2) is 40.1 Å². The summed E-state index contributed by atoms with van der Waals surface area (Å²) in [5.74, 6) is -0.108. The van der Waals surface area contributed by atoms with Gasteiger partial charge in [0.15, 0.2) is 0 Å². The normalized spacial score (nSPS) is 22.6. The molecular weight excluding hydrogens is 380 g/mol. The molecule has 0 aliphatic carbocycles. The van der Waals surface area contributed by atoms with Crippen LogP contribution >= 0.6 is 22.7 Å². The lowest BCUT2D eigenvalue weighted by Crippen LogP contribution is -2.63. The number of rotatable bonds is 4. The molecule has 6 nitrogen and oxygen atoms in total. The van der Waals surface area contributed by atoms with Crippen LogP contribution in [0.5, 0.6) is 0 Å². The molecule has 1 fully saturated rings. The maximum atomic E-state index is 13.2. The molecule has 0 saturated carbocycles. The highest BCUT2D eigenvalue weighted by Gasteiger charge is 2.41. The molecule has 1 unspecified atom stereocenters. The summed E-state index contributed by atoms with van der Waals surface area (Å²) in [4.78, 5) is 29.5. The van der Waals surface area contributed by atoms with Crippen LogP contribution in [0.25, 0.3) is 0 Å². The number of nitrogens with one attached hydrogen (secondary N) is 1. The zero-order valence-electron chi connectivity index (χ0n) is 15.3. The van der Waals surface area contributed by atoms with Gasteiger partial charge in [0.05, 0.1) is 28.7 Å². The van der Waals surface area contributed by atoms with E-state index in [0.717, 1.165) is 21.9 Å². The predicted octanol–water partition coefficient (Wildman–Crippen LogP) is 2.70. The van der Waals surface area contributed by atoms with Crippen LogP contribution in [-0.4, -0.2) is 52.6 Å². The fourth-order valence-electron chi connectivity index (χ4n) is 3.49. The number of piperazine rings is 1. The quantitative estimate of drug-likeness (QED) is 0.855. The second-order valence-corrected chi connectivity index (χ2v) is 9.16. The molecule has 8 heteroatoms. The fourth-order valence-corrected chi connectivity index (χ4v) is 5.02. The van der Waals surface area contributed by atoms with Crippen LogP contribution in [0.3, 0.4) is 0 Å². The van der Waals surface area contributed by atoms with Crippen LogP contribution in [0, 0.1) is 0 Å². The van der Waals surface area contributed by atoms with Gasteiger partial charge >= 0.3 is 0 Å². The van der Waals surface area contributed by atoms with Crippen LogP contribution < -0.4 is 5.32 Å². The van der Waals surface area contributed by atoms with Crippen LogP contribution in [-0.2, 0) is 9.59 Å². The molecule has 0 spiro atoms. The Morgan fingerprint density at radius 3 is 2.78 bits per heavy atom. The van der Waals surface area contributed by atoms with Gasteiger partial charge in [0.1, 0.15) is 0 Å². The maximum absolute atomic E-state index is 13.2. The number of carbonyl (C=O) groups excluding carboxylic acids is 2. The molecule has 27 heavy (non-hydrogen) atoms. The zero-order valence-corrected chi connectivity index (χ0v) is 17.0. The summed E-state index contributed by atoms with van der Waals surface area (Å²) in [5, 5.41) is 13.2. The largest absolute Gasteiger partial charge is 0.353 e. The van der Waals surface area contributed by atoms with Gasteiger partial charge in [-0.25, -0.2) is 5.01 Å². The van der Waals surface area contributed by atoms with Crippen molar-refractivity contribution in [2.24, 2.45) is 5.10 Å². The van der Waals surface area contributed by atoms with Crippen molar-refractivity contribution in [2.45, 2.75) is 31.8 Å². The summed E-state index contributed by atoms with van der Waals surface area (Å²) >= 11 is 3.29. The summed E-state index contributed by atoms with van der Waals surface area (Å²) in [6.07, 6.45) is 0.719. The molecule has 0 radical (unpaired) electrons. The lowest BCUT2D eigenvalue weighted by Gasteiger charge is -2.41. The molecule has 0 aromatic carbocycles. The molecule has 0 bridgehead atoms. The van der Waals surface area contributed by atoms with E-state index in [1.165, 1.54) is 0 Å². The topological polar surface area (TPSA) is 65.0 Å². The number of carbonyl (C=O) groups is 2. The van der Waals surface area contributed by atoms with E-state index in [1.807, 2.05) is 47.7 Å². The molecule has 2 aromatic rings. The van der Waals surface area contributed by atoms with Crippen molar-refractivity contribution in [3.8, 4) is 0 Å². The van der Waals surface area contributed by atoms with Gasteiger partial charge in [-0.1, -0.05) is 12.1 Å². The minimum absolute atomic E-state index is 0.0412. The van der Waals surface area contributed by atoms with Crippen molar-refractivity contribution < 1.29 is 9.59 Å². The number of nitrogens with zero attached hydrogens (tertiary/aromatic N) is 3. The second kappa shape index (κ2) is 7.18. The number of hydrogen-bond donors (Lipinski definition) is 1. The van der Waals surface area contributed by atoms with Crippen molar-refractivity contribution in [2.75, 3.05) is 19.6 Å². The third-order valence-corrected chi connectivity index (χ3v) is 7.08. The highest BCUT2D eigenvalue weighted by atomic mass is 32.1. The maximum Gasteiger partial charge on any atom is 0.257 e. The van der Waals surface area contributed by atoms with Gasteiger partial charge in [-0.15, -0.1) is 22.7 Å². The highest BCUT2D eigenvalue weighted by molar-refractivity contribution is 7.12. The number of thiophene rings is 2. The average Bonchev–Trinajstić information content (AvgIpc) is 3.39. The molecule has 1 saturated heterocycles. The summed E-state index contributed by atoms with van der Waals surface area (Å²) in [6, 6.07) is 8.03. The third-order valence-electron chi connectivity index (χ3n) is 5.18. The van der Waals surface area contributed by atoms with E-state index in [1.54, 1.807) is 27.7 Å². The van der Waals surface area contributed by atoms with Crippen molar-refractivity contribution in [3.63, 3.8) is 0 Å². The highest BCUT2D eigenvalue weighted by Crippen LogP contribution is 2.36.